The van der Waals surface area contributed by atoms with E-state index in [2.05, 4.69) is 20.9 Å². The van der Waals surface area contributed by atoms with Crippen molar-refractivity contribution in [1.29, 1.82) is 0 Å². The molecule has 1 heterocycles. The Morgan fingerprint density at radius 2 is 2.06 bits per heavy atom. The molecule has 8 heteroatoms. The Kier molecular flexibility index (Phi) is 4.00. The number of nitrogens with zero attached hydrogens (tertiary/aromatic N) is 1. The third-order valence-electron chi connectivity index (χ3n) is 2.22. The number of ether oxygens (including phenoxy) is 1. The fourth-order valence-electron chi connectivity index (χ4n) is 1.17. The average Bonchev–Trinajstić information content (AvgIpc) is 2.26. The zero-order chi connectivity index (χ0) is 13.3. The SMILES string of the molecule is COc1ccc(C(O)(CN)C(F)(F)F)nc1Br. The van der Waals surface area contributed by atoms with Crippen molar-refractivity contribution in [3.63, 3.8) is 0 Å². The molecule has 1 unspecified atom stereocenters. The predicted octanol–water partition coefficient (Wildman–Crippen LogP) is 1.56. The fraction of sp³-hybridized carbons (Fsp3) is 0.444. The maximum absolute atomic E-state index is 12.7. The van der Waals surface area contributed by atoms with Crippen molar-refractivity contribution < 1.29 is 23.0 Å². The molecule has 0 saturated heterocycles. The minimum absolute atomic E-state index is 0.0635. The summed E-state index contributed by atoms with van der Waals surface area (Å²) in [7, 11) is 1.35. The first-order valence-electron chi connectivity index (χ1n) is 4.46. The van der Waals surface area contributed by atoms with E-state index in [1.165, 1.54) is 13.2 Å². The lowest BCUT2D eigenvalue weighted by atomic mass is 9.98. The van der Waals surface area contributed by atoms with Gasteiger partial charge in [0.05, 0.1) is 12.8 Å². The largest absolute Gasteiger partial charge is 0.494 e. The van der Waals surface area contributed by atoms with Gasteiger partial charge in [-0.1, -0.05) is 0 Å². The molecule has 0 radical (unpaired) electrons. The van der Waals surface area contributed by atoms with E-state index in [0.717, 1.165) is 6.07 Å². The molecule has 1 aromatic heterocycles. The molecule has 0 bridgehead atoms. The van der Waals surface area contributed by atoms with Crippen LogP contribution >= 0.6 is 15.9 Å². The van der Waals surface area contributed by atoms with E-state index in [1.807, 2.05) is 0 Å². The topological polar surface area (TPSA) is 68.4 Å². The van der Waals surface area contributed by atoms with Gasteiger partial charge in [0, 0.05) is 6.54 Å². The maximum atomic E-state index is 12.7. The standard InChI is InChI=1S/C9H10BrF3N2O2/c1-17-5-2-3-6(15-7(5)10)8(16,4-14)9(11,12)13/h2-3,16H,4,14H2,1H3. The van der Waals surface area contributed by atoms with Crippen LogP contribution in [0.1, 0.15) is 5.69 Å². The minimum Gasteiger partial charge on any atom is -0.494 e. The molecule has 0 spiro atoms. The third kappa shape index (κ3) is 2.53. The highest BCUT2D eigenvalue weighted by Gasteiger charge is 2.55. The van der Waals surface area contributed by atoms with Gasteiger partial charge in [0.1, 0.15) is 4.60 Å². The van der Waals surface area contributed by atoms with E-state index in [-0.39, 0.29) is 10.4 Å². The van der Waals surface area contributed by atoms with Gasteiger partial charge in [0.15, 0.2) is 5.75 Å². The second kappa shape index (κ2) is 4.79. The minimum atomic E-state index is -4.90. The second-order valence-electron chi connectivity index (χ2n) is 3.25. The summed E-state index contributed by atoms with van der Waals surface area (Å²) >= 11 is 2.94. The summed E-state index contributed by atoms with van der Waals surface area (Å²) in [6, 6.07) is 2.28. The van der Waals surface area contributed by atoms with Crippen LogP contribution in [-0.4, -0.2) is 29.9 Å². The molecule has 1 rings (SSSR count). The van der Waals surface area contributed by atoms with Gasteiger partial charge < -0.3 is 15.6 Å². The number of halogens is 4. The number of rotatable bonds is 3. The predicted molar refractivity (Wildman–Crippen MR) is 57.5 cm³/mol. The van der Waals surface area contributed by atoms with Crippen LogP contribution < -0.4 is 10.5 Å². The van der Waals surface area contributed by atoms with Crippen molar-refractivity contribution in [1.82, 2.24) is 4.98 Å². The normalized spacial score (nSPS) is 15.5. The third-order valence-corrected chi connectivity index (χ3v) is 2.79. The van der Waals surface area contributed by atoms with E-state index in [1.54, 1.807) is 0 Å². The Balaban J connectivity index is 3.27. The highest BCUT2D eigenvalue weighted by molar-refractivity contribution is 9.10. The summed E-state index contributed by atoms with van der Waals surface area (Å²) in [4.78, 5) is 3.60. The first kappa shape index (κ1) is 14.2. The fourth-order valence-corrected chi connectivity index (χ4v) is 1.65. The molecule has 0 aliphatic carbocycles. The van der Waals surface area contributed by atoms with Gasteiger partial charge in [-0.05, 0) is 28.1 Å². The molecule has 4 nitrogen and oxygen atoms in total. The molecule has 0 aliphatic rings. The number of methoxy groups -OCH3 is 1. The lowest BCUT2D eigenvalue weighted by Crippen LogP contribution is -2.48. The summed E-state index contributed by atoms with van der Waals surface area (Å²) in [6.45, 7) is -1.01. The lowest BCUT2D eigenvalue weighted by molar-refractivity contribution is -0.263. The van der Waals surface area contributed by atoms with Gasteiger partial charge in [-0.2, -0.15) is 13.2 Å². The number of aromatic nitrogens is 1. The van der Waals surface area contributed by atoms with Crippen LogP contribution in [-0.2, 0) is 5.60 Å². The monoisotopic (exact) mass is 314 g/mol. The van der Waals surface area contributed by atoms with Crippen LogP contribution in [0.5, 0.6) is 5.75 Å². The first-order valence-corrected chi connectivity index (χ1v) is 5.25. The van der Waals surface area contributed by atoms with Crippen LogP contribution in [0.2, 0.25) is 0 Å². The van der Waals surface area contributed by atoms with Gasteiger partial charge in [-0.3, -0.25) is 0 Å². The summed E-state index contributed by atoms with van der Waals surface area (Å²) in [5.74, 6) is 0.260. The van der Waals surface area contributed by atoms with E-state index >= 15 is 0 Å². The molecule has 96 valence electrons. The molecule has 0 amide bonds. The van der Waals surface area contributed by atoms with Crippen molar-refractivity contribution in [3.05, 3.63) is 22.4 Å². The zero-order valence-corrected chi connectivity index (χ0v) is 10.3. The highest BCUT2D eigenvalue weighted by Crippen LogP contribution is 2.38. The van der Waals surface area contributed by atoms with Crippen LogP contribution in [0.3, 0.4) is 0 Å². The zero-order valence-electron chi connectivity index (χ0n) is 8.75. The van der Waals surface area contributed by atoms with Crippen molar-refractivity contribution in [2.24, 2.45) is 5.73 Å². The number of alkyl halides is 3. The molecule has 0 aromatic carbocycles. The van der Waals surface area contributed by atoms with Gasteiger partial charge >= 0.3 is 6.18 Å². The van der Waals surface area contributed by atoms with Crippen molar-refractivity contribution in [3.8, 4) is 5.75 Å². The van der Waals surface area contributed by atoms with Gasteiger partial charge in [-0.25, -0.2) is 4.98 Å². The number of hydrogen-bond donors (Lipinski definition) is 2. The molecular formula is C9H10BrF3N2O2. The summed E-state index contributed by atoms with van der Waals surface area (Å²) in [5.41, 5.74) is 1.24. The van der Waals surface area contributed by atoms with Gasteiger partial charge in [-0.15, -0.1) is 0 Å². The molecule has 1 atom stereocenters. The van der Waals surface area contributed by atoms with Crippen molar-refractivity contribution >= 4 is 15.9 Å². The van der Waals surface area contributed by atoms with E-state index in [9.17, 15) is 18.3 Å². The Morgan fingerprint density at radius 3 is 2.41 bits per heavy atom. The van der Waals surface area contributed by atoms with Crippen LogP contribution in [0.4, 0.5) is 13.2 Å². The van der Waals surface area contributed by atoms with Crippen molar-refractivity contribution in [2.75, 3.05) is 13.7 Å². The van der Waals surface area contributed by atoms with Crippen molar-refractivity contribution in [2.45, 2.75) is 11.8 Å². The molecule has 0 saturated carbocycles. The number of pyridine rings is 1. The summed E-state index contributed by atoms with van der Waals surface area (Å²) in [6.07, 6.45) is -4.90. The molecular weight excluding hydrogens is 305 g/mol. The van der Waals surface area contributed by atoms with Crippen LogP contribution in [0, 0.1) is 0 Å². The average molecular weight is 315 g/mol. The smallest absolute Gasteiger partial charge is 0.424 e. The van der Waals surface area contributed by atoms with E-state index < -0.39 is 24.0 Å². The maximum Gasteiger partial charge on any atom is 0.424 e. The Morgan fingerprint density at radius 1 is 1.47 bits per heavy atom. The van der Waals surface area contributed by atoms with E-state index in [0.29, 0.717) is 0 Å². The Bertz CT molecular complexity index is 414. The molecule has 3 N–H and O–H groups in total. The second-order valence-corrected chi connectivity index (χ2v) is 4.00. The Hall–Kier alpha value is -0.860. The lowest BCUT2D eigenvalue weighted by Gasteiger charge is -2.28. The van der Waals surface area contributed by atoms with Crippen LogP contribution in [0.25, 0.3) is 0 Å². The molecule has 1 aromatic rings. The van der Waals surface area contributed by atoms with E-state index in [4.69, 9.17) is 10.5 Å². The summed E-state index contributed by atoms with van der Waals surface area (Å²) < 4.78 is 43.0. The molecule has 17 heavy (non-hydrogen) atoms. The summed E-state index contributed by atoms with van der Waals surface area (Å²) in [5, 5.41) is 9.54. The van der Waals surface area contributed by atoms with Crippen LogP contribution in [0.15, 0.2) is 16.7 Å². The highest BCUT2D eigenvalue weighted by atomic mass is 79.9. The number of hydrogen-bond acceptors (Lipinski definition) is 4. The number of aliphatic hydroxyl groups is 1. The molecule has 0 fully saturated rings. The van der Waals surface area contributed by atoms with Gasteiger partial charge in [0.2, 0.25) is 5.60 Å². The quantitative estimate of drug-likeness (QED) is 0.831. The Labute approximate surface area is 104 Å². The molecule has 0 aliphatic heterocycles. The first-order chi connectivity index (χ1) is 7.76. The van der Waals surface area contributed by atoms with Gasteiger partial charge in [0.25, 0.3) is 0 Å². The number of nitrogens with two attached hydrogens (primary N) is 1.